The van der Waals surface area contributed by atoms with E-state index in [2.05, 4.69) is 26.1 Å². The monoisotopic (exact) mass is 322 g/mol. The number of fused-ring (bicyclic) bond motifs is 1. The maximum absolute atomic E-state index is 11.1. The molecule has 0 saturated carbocycles. The molecule has 0 atom stereocenters. The van der Waals surface area contributed by atoms with Crippen molar-refractivity contribution in [1.82, 2.24) is 20.1 Å². The number of aromatic amines is 1. The van der Waals surface area contributed by atoms with Crippen LogP contribution < -0.4 is 0 Å². The third-order valence-corrected chi connectivity index (χ3v) is 4.34. The van der Waals surface area contributed by atoms with Gasteiger partial charge in [-0.1, -0.05) is 6.07 Å². The van der Waals surface area contributed by atoms with Crippen molar-refractivity contribution in [1.29, 1.82) is 0 Å². The van der Waals surface area contributed by atoms with Gasteiger partial charge in [-0.15, -0.1) is 0 Å². The van der Waals surface area contributed by atoms with Gasteiger partial charge in [-0.25, -0.2) is 0 Å². The third-order valence-electron chi connectivity index (χ3n) is 4.34. The Hall–Kier alpha value is -2.57. The molecule has 1 fully saturated rings. The molecule has 4 rings (SSSR count). The van der Waals surface area contributed by atoms with Crippen molar-refractivity contribution >= 4 is 17.2 Å². The van der Waals surface area contributed by atoms with Crippen LogP contribution in [0.4, 0.5) is 0 Å². The number of H-pyrrole nitrogens is 1. The molecular formula is C18H18N4O2. The van der Waals surface area contributed by atoms with Gasteiger partial charge in [-0.2, -0.15) is 5.10 Å². The summed E-state index contributed by atoms with van der Waals surface area (Å²) in [5, 5.41) is 7.72. The number of nitrogens with zero attached hydrogens (tertiary/aromatic N) is 3. The lowest BCUT2D eigenvalue weighted by Gasteiger charge is -2.26. The molecule has 0 spiro atoms. The summed E-state index contributed by atoms with van der Waals surface area (Å²) >= 11 is 0. The fourth-order valence-corrected chi connectivity index (χ4v) is 3.05. The summed E-state index contributed by atoms with van der Waals surface area (Å²) in [7, 11) is 0. The van der Waals surface area contributed by atoms with E-state index in [1.165, 1.54) is 5.56 Å². The minimum absolute atomic E-state index is 0.504. The van der Waals surface area contributed by atoms with Crippen LogP contribution >= 0.6 is 0 Å². The molecule has 1 aliphatic heterocycles. The Kier molecular flexibility index (Phi) is 4.06. The fraction of sp³-hybridized carbons (Fsp3) is 0.278. The lowest BCUT2D eigenvalue weighted by Crippen LogP contribution is -2.35. The number of benzene rings is 1. The van der Waals surface area contributed by atoms with E-state index in [1.54, 1.807) is 0 Å². The maximum Gasteiger partial charge on any atom is 0.168 e. The number of hydrogen-bond donors (Lipinski definition) is 1. The number of rotatable bonds is 4. The number of ether oxygens (including phenoxy) is 1. The van der Waals surface area contributed by atoms with Crippen LogP contribution in [0.2, 0.25) is 0 Å². The zero-order valence-electron chi connectivity index (χ0n) is 13.2. The third kappa shape index (κ3) is 2.93. The van der Waals surface area contributed by atoms with Gasteiger partial charge in [0, 0.05) is 43.0 Å². The van der Waals surface area contributed by atoms with Crippen molar-refractivity contribution in [3.05, 3.63) is 47.9 Å². The first-order chi connectivity index (χ1) is 11.8. The highest BCUT2D eigenvalue weighted by Crippen LogP contribution is 2.25. The molecule has 3 aromatic rings. The van der Waals surface area contributed by atoms with Gasteiger partial charge in [-0.05, 0) is 29.3 Å². The number of pyridine rings is 1. The van der Waals surface area contributed by atoms with Gasteiger partial charge in [0.15, 0.2) is 6.29 Å². The summed E-state index contributed by atoms with van der Waals surface area (Å²) in [6.07, 6.45) is 4.56. The SMILES string of the molecule is O=Cc1[nH]nc2ccc(-c3cncc(CN4CCOCC4)c3)cc12. The first-order valence-corrected chi connectivity index (χ1v) is 8.01. The van der Waals surface area contributed by atoms with Crippen molar-refractivity contribution in [2.24, 2.45) is 0 Å². The Bertz CT molecular complexity index is 868. The summed E-state index contributed by atoms with van der Waals surface area (Å²) in [5.74, 6) is 0. The van der Waals surface area contributed by atoms with Crippen molar-refractivity contribution in [3.63, 3.8) is 0 Å². The molecule has 0 bridgehead atoms. The predicted molar refractivity (Wildman–Crippen MR) is 90.8 cm³/mol. The molecule has 24 heavy (non-hydrogen) atoms. The van der Waals surface area contributed by atoms with Gasteiger partial charge in [0.25, 0.3) is 0 Å². The highest BCUT2D eigenvalue weighted by Gasteiger charge is 2.12. The molecule has 3 heterocycles. The second kappa shape index (κ2) is 6.51. The van der Waals surface area contributed by atoms with E-state index in [0.29, 0.717) is 5.69 Å². The van der Waals surface area contributed by atoms with Crippen LogP contribution in [0.5, 0.6) is 0 Å². The Morgan fingerprint density at radius 1 is 1.17 bits per heavy atom. The fourth-order valence-electron chi connectivity index (χ4n) is 3.05. The summed E-state index contributed by atoms with van der Waals surface area (Å²) in [5.41, 5.74) is 4.55. The average Bonchev–Trinajstić information content (AvgIpc) is 3.05. The van der Waals surface area contributed by atoms with Gasteiger partial charge in [0.1, 0.15) is 5.69 Å². The molecule has 1 aliphatic rings. The van der Waals surface area contributed by atoms with Gasteiger partial charge in [-0.3, -0.25) is 19.8 Å². The van der Waals surface area contributed by atoms with E-state index in [9.17, 15) is 4.79 Å². The molecule has 1 N–H and O–H groups in total. The molecule has 6 heteroatoms. The molecule has 0 unspecified atom stereocenters. The number of nitrogens with one attached hydrogen (secondary N) is 1. The first kappa shape index (κ1) is 15.0. The van der Waals surface area contributed by atoms with E-state index in [-0.39, 0.29) is 0 Å². The van der Waals surface area contributed by atoms with Crippen LogP contribution in [0.15, 0.2) is 36.7 Å². The van der Waals surface area contributed by atoms with Gasteiger partial charge in [0.2, 0.25) is 0 Å². The van der Waals surface area contributed by atoms with Gasteiger partial charge >= 0.3 is 0 Å². The largest absolute Gasteiger partial charge is 0.379 e. The quantitative estimate of drug-likeness (QED) is 0.746. The highest BCUT2D eigenvalue weighted by atomic mass is 16.5. The Balaban J connectivity index is 1.63. The average molecular weight is 322 g/mol. The first-order valence-electron chi connectivity index (χ1n) is 8.01. The zero-order chi connectivity index (χ0) is 16.4. The normalized spacial score (nSPS) is 15.7. The summed E-state index contributed by atoms with van der Waals surface area (Å²) < 4.78 is 5.39. The predicted octanol–water partition coefficient (Wildman–Crippen LogP) is 2.27. The van der Waals surface area contributed by atoms with Crippen LogP contribution in [0.3, 0.4) is 0 Å². The van der Waals surface area contributed by atoms with Crippen LogP contribution in [0, 0.1) is 0 Å². The van der Waals surface area contributed by atoms with Crippen LogP contribution in [0.25, 0.3) is 22.0 Å². The molecule has 0 amide bonds. The molecule has 2 aromatic heterocycles. The van der Waals surface area contributed by atoms with Gasteiger partial charge < -0.3 is 4.74 Å². The molecule has 6 nitrogen and oxygen atoms in total. The molecule has 1 aromatic carbocycles. The lowest BCUT2D eigenvalue weighted by molar-refractivity contribution is 0.0341. The number of hydrogen-bond acceptors (Lipinski definition) is 5. The van der Waals surface area contributed by atoms with Crippen LogP contribution in [-0.2, 0) is 11.3 Å². The number of aldehydes is 1. The summed E-state index contributed by atoms with van der Waals surface area (Å²) in [4.78, 5) is 17.9. The summed E-state index contributed by atoms with van der Waals surface area (Å²) in [6.45, 7) is 4.36. The van der Waals surface area contributed by atoms with Crippen molar-refractivity contribution in [3.8, 4) is 11.1 Å². The number of aromatic nitrogens is 3. The number of carbonyl (C=O) groups is 1. The minimum atomic E-state index is 0.504. The van der Waals surface area contributed by atoms with Crippen LogP contribution in [-0.4, -0.2) is 52.7 Å². The van der Waals surface area contributed by atoms with E-state index < -0.39 is 0 Å². The minimum Gasteiger partial charge on any atom is -0.379 e. The Morgan fingerprint density at radius 3 is 2.88 bits per heavy atom. The molecule has 0 aliphatic carbocycles. The maximum atomic E-state index is 11.1. The van der Waals surface area contributed by atoms with Crippen molar-refractivity contribution < 1.29 is 9.53 Å². The lowest BCUT2D eigenvalue weighted by atomic mass is 10.0. The van der Waals surface area contributed by atoms with Crippen LogP contribution in [0.1, 0.15) is 16.1 Å². The van der Waals surface area contributed by atoms with Crippen molar-refractivity contribution in [2.75, 3.05) is 26.3 Å². The van der Waals surface area contributed by atoms with Gasteiger partial charge in [0.05, 0.1) is 18.7 Å². The molecular weight excluding hydrogens is 304 g/mol. The second-order valence-electron chi connectivity index (χ2n) is 5.96. The molecule has 1 saturated heterocycles. The number of morpholine rings is 1. The van der Waals surface area contributed by atoms with E-state index in [0.717, 1.165) is 61.2 Å². The molecule has 122 valence electrons. The standard InChI is InChI=1S/C18H18N4O2/c23-12-18-16-8-14(1-2-17(16)20-21-18)15-7-13(9-19-10-15)11-22-3-5-24-6-4-22/h1-2,7-10,12H,3-6,11H2,(H,20,21). The highest BCUT2D eigenvalue weighted by molar-refractivity contribution is 5.96. The zero-order valence-corrected chi connectivity index (χ0v) is 13.2. The molecule has 0 radical (unpaired) electrons. The second-order valence-corrected chi connectivity index (χ2v) is 5.96. The summed E-state index contributed by atoms with van der Waals surface area (Å²) in [6, 6.07) is 8.07. The van der Waals surface area contributed by atoms with E-state index in [4.69, 9.17) is 4.74 Å². The van der Waals surface area contributed by atoms with E-state index >= 15 is 0 Å². The number of carbonyl (C=O) groups excluding carboxylic acids is 1. The van der Waals surface area contributed by atoms with E-state index in [1.807, 2.05) is 30.6 Å². The topological polar surface area (TPSA) is 71.1 Å². The smallest absolute Gasteiger partial charge is 0.168 e. The Morgan fingerprint density at radius 2 is 2.04 bits per heavy atom. The Labute approximate surface area is 139 Å². The van der Waals surface area contributed by atoms with Crippen molar-refractivity contribution in [2.45, 2.75) is 6.54 Å².